The van der Waals surface area contributed by atoms with E-state index >= 15 is 0 Å². The van der Waals surface area contributed by atoms with E-state index in [0.29, 0.717) is 29.5 Å². The largest absolute Gasteiger partial charge is 0.497 e. The lowest BCUT2D eigenvalue weighted by Gasteiger charge is -2.15. The number of carbonyl (C=O) groups is 2. The fraction of sp³-hybridized carbons (Fsp3) is 0.280. The number of ether oxygens (including phenoxy) is 5. The van der Waals surface area contributed by atoms with Crippen molar-refractivity contribution in [2.24, 2.45) is 0 Å². The second-order valence-corrected chi connectivity index (χ2v) is 7.45. The average Bonchev–Trinajstić information content (AvgIpc) is 2.85. The molecular formula is C25H27N3O7. The summed E-state index contributed by atoms with van der Waals surface area (Å²) in [6.07, 6.45) is 1.29. The summed E-state index contributed by atoms with van der Waals surface area (Å²) in [5.41, 5.74) is 0.917. The van der Waals surface area contributed by atoms with Gasteiger partial charge in [0.05, 0.1) is 32.8 Å². The predicted molar refractivity (Wildman–Crippen MR) is 127 cm³/mol. The molecule has 2 aromatic heterocycles. The standard InChI is InChI=1S/C25H27N3O7/c1-16(15-31-2)34-22-12-18(13-23(28-22)35-20-8-6-19(32-3)7-9-20)25(30)27-21-10-5-17(14-26-21)11-24(29)33-4/h5-10,12-14,16H,11,15H2,1-4H3,(H,26,27,30)/t16-/m1/s1. The van der Waals surface area contributed by atoms with Crippen molar-refractivity contribution >= 4 is 17.7 Å². The summed E-state index contributed by atoms with van der Waals surface area (Å²) in [6, 6.07) is 13.2. The topological polar surface area (TPSA) is 118 Å². The number of nitrogens with one attached hydrogen (secondary N) is 1. The number of amides is 1. The number of hydrogen-bond donors (Lipinski definition) is 1. The Morgan fingerprint density at radius 2 is 1.69 bits per heavy atom. The molecule has 10 nitrogen and oxygen atoms in total. The van der Waals surface area contributed by atoms with Gasteiger partial charge in [-0.25, -0.2) is 4.98 Å². The SMILES string of the molecule is COC[C@@H](C)Oc1cc(C(=O)Nc2ccc(CC(=O)OC)cn2)cc(Oc2ccc(OC)cc2)n1. The van der Waals surface area contributed by atoms with Crippen LogP contribution in [0.5, 0.6) is 23.3 Å². The molecule has 2 heterocycles. The number of rotatable bonds is 11. The van der Waals surface area contributed by atoms with E-state index in [4.69, 9.17) is 18.9 Å². The Morgan fingerprint density at radius 1 is 0.971 bits per heavy atom. The molecule has 0 bridgehead atoms. The first-order valence-electron chi connectivity index (χ1n) is 10.7. The summed E-state index contributed by atoms with van der Waals surface area (Å²) in [7, 11) is 4.46. The van der Waals surface area contributed by atoms with Crippen molar-refractivity contribution in [3.8, 4) is 23.3 Å². The first-order valence-corrected chi connectivity index (χ1v) is 10.7. The quantitative estimate of drug-likeness (QED) is 0.409. The monoisotopic (exact) mass is 481 g/mol. The molecule has 0 radical (unpaired) electrons. The van der Waals surface area contributed by atoms with Crippen LogP contribution in [-0.4, -0.2) is 55.9 Å². The van der Waals surface area contributed by atoms with Crippen LogP contribution in [0.4, 0.5) is 5.82 Å². The number of esters is 1. The van der Waals surface area contributed by atoms with Gasteiger partial charge in [0.15, 0.2) is 0 Å². The van der Waals surface area contributed by atoms with Crippen molar-refractivity contribution in [2.75, 3.05) is 33.3 Å². The fourth-order valence-electron chi connectivity index (χ4n) is 2.99. The Hall–Kier alpha value is -4.18. The lowest BCUT2D eigenvalue weighted by atomic mass is 10.2. The third kappa shape index (κ3) is 7.68. The number of anilines is 1. The lowest BCUT2D eigenvalue weighted by molar-refractivity contribution is -0.139. The molecule has 0 saturated heterocycles. The van der Waals surface area contributed by atoms with E-state index in [1.54, 1.807) is 50.6 Å². The zero-order chi connectivity index (χ0) is 25.2. The molecule has 184 valence electrons. The lowest BCUT2D eigenvalue weighted by Crippen LogP contribution is -2.19. The molecule has 10 heteroatoms. The summed E-state index contributed by atoms with van der Waals surface area (Å²) in [5, 5.41) is 2.72. The fourth-order valence-corrected chi connectivity index (χ4v) is 2.99. The third-order valence-electron chi connectivity index (χ3n) is 4.69. The van der Waals surface area contributed by atoms with E-state index in [1.807, 2.05) is 6.92 Å². The maximum Gasteiger partial charge on any atom is 0.310 e. The highest BCUT2D eigenvalue weighted by molar-refractivity contribution is 6.04. The molecule has 0 spiro atoms. The number of methoxy groups -OCH3 is 3. The van der Waals surface area contributed by atoms with Gasteiger partial charge in [-0.05, 0) is 42.8 Å². The van der Waals surface area contributed by atoms with Gasteiger partial charge in [0.25, 0.3) is 5.91 Å². The Bertz CT molecular complexity index is 1130. The van der Waals surface area contributed by atoms with Crippen LogP contribution in [0.25, 0.3) is 0 Å². The number of hydrogen-bond acceptors (Lipinski definition) is 9. The van der Waals surface area contributed by atoms with Crippen LogP contribution in [-0.2, 0) is 20.7 Å². The molecule has 3 aromatic rings. The van der Waals surface area contributed by atoms with Crippen LogP contribution < -0.4 is 19.5 Å². The van der Waals surface area contributed by atoms with Gasteiger partial charge in [-0.2, -0.15) is 4.98 Å². The van der Waals surface area contributed by atoms with E-state index in [1.165, 1.54) is 25.4 Å². The van der Waals surface area contributed by atoms with Gasteiger partial charge < -0.3 is 29.0 Å². The molecule has 0 unspecified atom stereocenters. The molecular weight excluding hydrogens is 454 g/mol. The van der Waals surface area contributed by atoms with Crippen LogP contribution in [0.2, 0.25) is 0 Å². The molecule has 1 aromatic carbocycles. The molecule has 0 aliphatic carbocycles. The summed E-state index contributed by atoms with van der Waals surface area (Å²) in [4.78, 5) is 32.9. The van der Waals surface area contributed by atoms with Crippen molar-refractivity contribution in [2.45, 2.75) is 19.4 Å². The zero-order valence-electron chi connectivity index (χ0n) is 19.9. The van der Waals surface area contributed by atoms with E-state index in [0.717, 1.165) is 0 Å². The molecule has 35 heavy (non-hydrogen) atoms. The van der Waals surface area contributed by atoms with Crippen molar-refractivity contribution < 1.29 is 33.3 Å². The van der Waals surface area contributed by atoms with Gasteiger partial charge in [0.2, 0.25) is 11.8 Å². The van der Waals surface area contributed by atoms with Crippen molar-refractivity contribution in [1.82, 2.24) is 9.97 Å². The highest BCUT2D eigenvalue weighted by Crippen LogP contribution is 2.26. The summed E-state index contributed by atoms with van der Waals surface area (Å²) < 4.78 is 26.6. The summed E-state index contributed by atoms with van der Waals surface area (Å²) in [6.45, 7) is 2.16. The minimum absolute atomic E-state index is 0.0918. The Kier molecular flexibility index (Phi) is 8.96. The molecule has 1 atom stereocenters. The molecule has 0 fully saturated rings. The molecule has 0 aliphatic heterocycles. The third-order valence-corrected chi connectivity index (χ3v) is 4.69. The Labute approximate surface area is 203 Å². The molecule has 0 saturated carbocycles. The van der Waals surface area contributed by atoms with E-state index in [2.05, 4.69) is 20.0 Å². The van der Waals surface area contributed by atoms with Gasteiger partial charge in [-0.1, -0.05) is 6.07 Å². The van der Waals surface area contributed by atoms with Gasteiger partial charge >= 0.3 is 5.97 Å². The van der Waals surface area contributed by atoms with Gasteiger partial charge in [-0.15, -0.1) is 0 Å². The van der Waals surface area contributed by atoms with Crippen LogP contribution in [0.3, 0.4) is 0 Å². The maximum absolute atomic E-state index is 13.0. The van der Waals surface area contributed by atoms with Crippen LogP contribution >= 0.6 is 0 Å². The zero-order valence-corrected chi connectivity index (χ0v) is 19.9. The molecule has 3 rings (SSSR count). The average molecular weight is 482 g/mol. The highest BCUT2D eigenvalue weighted by Gasteiger charge is 2.15. The second-order valence-electron chi connectivity index (χ2n) is 7.45. The number of nitrogens with zero attached hydrogens (tertiary/aromatic N) is 2. The van der Waals surface area contributed by atoms with E-state index in [-0.39, 0.29) is 35.8 Å². The van der Waals surface area contributed by atoms with Crippen molar-refractivity contribution in [3.05, 3.63) is 65.9 Å². The molecule has 1 amide bonds. The van der Waals surface area contributed by atoms with Crippen molar-refractivity contribution in [1.29, 1.82) is 0 Å². The van der Waals surface area contributed by atoms with Gasteiger partial charge in [-0.3, -0.25) is 9.59 Å². The van der Waals surface area contributed by atoms with Gasteiger partial charge in [0, 0.05) is 25.4 Å². The number of carbonyl (C=O) groups excluding carboxylic acids is 2. The van der Waals surface area contributed by atoms with E-state index in [9.17, 15) is 9.59 Å². The summed E-state index contributed by atoms with van der Waals surface area (Å²) in [5.74, 6) is 1.06. The van der Waals surface area contributed by atoms with Crippen LogP contribution in [0, 0.1) is 0 Å². The number of benzene rings is 1. The molecule has 0 aliphatic rings. The van der Waals surface area contributed by atoms with E-state index < -0.39 is 5.91 Å². The smallest absolute Gasteiger partial charge is 0.310 e. The predicted octanol–water partition coefficient (Wildman–Crippen LogP) is 3.66. The second kappa shape index (κ2) is 12.3. The number of aromatic nitrogens is 2. The highest BCUT2D eigenvalue weighted by atomic mass is 16.5. The van der Waals surface area contributed by atoms with Crippen molar-refractivity contribution in [3.63, 3.8) is 0 Å². The minimum atomic E-state index is -0.440. The first kappa shape index (κ1) is 25.4. The Morgan fingerprint density at radius 3 is 2.31 bits per heavy atom. The van der Waals surface area contributed by atoms with Gasteiger partial charge in [0.1, 0.15) is 23.4 Å². The minimum Gasteiger partial charge on any atom is -0.497 e. The normalized spacial score (nSPS) is 11.3. The Balaban J connectivity index is 1.80. The maximum atomic E-state index is 13.0. The first-order chi connectivity index (χ1) is 16.9. The summed E-state index contributed by atoms with van der Waals surface area (Å²) >= 11 is 0. The number of pyridine rings is 2. The van der Waals surface area contributed by atoms with Crippen LogP contribution in [0.15, 0.2) is 54.7 Å². The van der Waals surface area contributed by atoms with Crippen LogP contribution in [0.1, 0.15) is 22.8 Å². The molecule has 1 N–H and O–H groups in total.